The number of halogens is 1. The number of hydrogen-bond donors (Lipinski definition) is 1. The summed E-state index contributed by atoms with van der Waals surface area (Å²) in [6.45, 7) is 5.91. The molecular formula is C22H20ClNO2. The lowest BCUT2D eigenvalue weighted by molar-refractivity contribution is -0.111. The fourth-order valence-electron chi connectivity index (χ4n) is 2.55. The Kier molecular flexibility index (Phi) is 5.29. The highest BCUT2D eigenvalue weighted by molar-refractivity contribution is 6.31. The number of anilines is 1. The maximum atomic E-state index is 12.2. The minimum absolute atomic E-state index is 0.199. The summed E-state index contributed by atoms with van der Waals surface area (Å²) in [6, 6.07) is 15.4. The van der Waals surface area contributed by atoms with E-state index in [0.717, 1.165) is 27.9 Å². The Morgan fingerprint density at radius 2 is 1.77 bits per heavy atom. The molecule has 0 fully saturated rings. The van der Waals surface area contributed by atoms with Crippen molar-refractivity contribution in [2.24, 2.45) is 0 Å². The van der Waals surface area contributed by atoms with Crippen molar-refractivity contribution in [3.8, 4) is 11.3 Å². The van der Waals surface area contributed by atoms with E-state index in [1.165, 1.54) is 6.08 Å². The summed E-state index contributed by atoms with van der Waals surface area (Å²) >= 11 is 6.17. The molecule has 1 amide bonds. The average Bonchev–Trinajstić information content (AvgIpc) is 3.08. The van der Waals surface area contributed by atoms with Crippen LogP contribution in [0.1, 0.15) is 22.5 Å². The third kappa shape index (κ3) is 4.24. The van der Waals surface area contributed by atoms with Gasteiger partial charge in [-0.2, -0.15) is 0 Å². The first kappa shape index (κ1) is 18.0. The number of aryl methyl sites for hydroxylation is 3. The van der Waals surface area contributed by atoms with Gasteiger partial charge in [-0.05, 0) is 67.8 Å². The number of carbonyl (C=O) groups excluding carboxylic acids is 1. The van der Waals surface area contributed by atoms with Gasteiger partial charge in [0.2, 0.25) is 5.91 Å². The Balaban J connectivity index is 1.71. The highest BCUT2D eigenvalue weighted by atomic mass is 35.5. The average molecular weight is 366 g/mol. The number of carbonyl (C=O) groups is 1. The van der Waals surface area contributed by atoms with Gasteiger partial charge in [0, 0.05) is 22.3 Å². The fraction of sp³-hybridized carbons (Fsp3) is 0.136. The van der Waals surface area contributed by atoms with E-state index in [4.69, 9.17) is 16.0 Å². The van der Waals surface area contributed by atoms with Crippen molar-refractivity contribution in [2.75, 3.05) is 5.32 Å². The predicted octanol–water partition coefficient (Wildman–Crippen LogP) is 6.18. The zero-order valence-corrected chi connectivity index (χ0v) is 15.7. The molecule has 0 saturated heterocycles. The second-order valence-corrected chi connectivity index (χ2v) is 6.71. The lowest BCUT2D eigenvalue weighted by Gasteiger charge is -2.07. The van der Waals surface area contributed by atoms with Crippen molar-refractivity contribution in [1.82, 2.24) is 0 Å². The number of benzene rings is 2. The first-order chi connectivity index (χ1) is 12.4. The van der Waals surface area contributed by atoms with Crippen LogP contribution in [0.15, 0.2) is 59.0 Å². The topological polar surface area (TPSA) is 42.2 Å². The molecule has 3 aromatic rings. The van der Waals surface area contributed by atoms with Crippen LogP contribution in [0.2, 0.25) is 5.02 Å². The largest absolute Gasteiger partial charge is 0.457 e. The molecular weight excluding hydrogens is 346 g/mol. The van der Waals surface area contributed by atoms with E-state index in [1.807, 2.05) is 69.3 Å². The van der Waals surface area contributed by atoms with Crippen LogP contribution in [0.25, 0.3) is 17.4 Å². The van der Waals surface area contributed by atoms with Gasteiger partial charge in [0.05, 0.1) is 0 Å². The lowest BCUT2D eigenvalue weighted by atomic mass is 10.1. The maximum absolute atomic E-state index is 12.2. The van der Waals surface area contributed by atoms with Crippen LogP contribution < -0.4 is 5.32 Å². The highest BCUT2D eigenvalue weighted by Gasteiger charge is 2.06. The van der Waals surface area contributed by atoms with Crippen LogP contribution in [-0.2, 0) is 4.79 Å². The van der Waals surface area contributed by atoms with Crippen LogP contribution >= 0.6 is 11.6 Å². The molecule has 0 saturated carbocycles. The van der Waals surface area contributed by atoms with Crippen molar-refractivity contribution in [3.63, 3.8) is 0 Å². The molecule has 1 aromatic heterocycles. The van der Waals surface area contributed by atoms with Crippen LogP contribution in [0.4, 0.5) is 5.69 Å². The Morgan fingerprint density at radius 1 is 1.00 bits per heavy atom. The normalized spacial score (nSPS) is 11.1. The zero-order valence-electron chi connectivity index (χ0n) is 15.0. The van der Waals surface area contributed by atoms with Gasteiger partial charge in [0.25, 0.3) is 0 Å². The van der Waals surface area contributed by atoms with Crippen molar-refractivity contribution in [1.29, 1.82) is 0 Å². The number of hydrogen-bond acceptors (Lipinski definition) is 2. The quantitative estimate of drug-likeness (QED) is 0.561. The van der Waals surface area contributed by atoms with E-state index >= 15 is 0 Å². The molecule has 0 spiro atoms. The summed E-state index contributed by atoms with van der Waals surface area (Å²) in [6.07, 6.45) is 3.12. The molecule has 0 aliphatic rings. The van der Waals surface area contributed by atoms with Gasteiger partial charge in [0.1, 0.15) is 11.5 Å². The van der Waals surface area contributed by atoms with E-state index in [1.54, 1.807) is 6.08 Å². The van der Waals surface area contributed by atoms with E-state index in [2.05, 4.69) is 5.32 Å². The van der Waals surface area contributed by atoms with E-state index in [-0.39, 0.29) is 5.91 Å². The highest BCUT2D eigenvalue weighted by Crippen LogP contribution is 2.27. The molecule has 3 nitrogen and oxygen atoms in total. The smallest absolute Gasteiger partial charge is 0.248 e. The molecule has 3 rings (SSSR count). The third-order valence-corrected chi connectivity index (χ3v) is 4.54. The Bertz CT molecular complexity index is 986. The first-order valence-corrected chi connectivity index (χ1v) is 8.73. The Labute approximate surface area is 158 Å². The maximum Gasteiger partial charge on any atom is 0.248 e. The Morgan fingerprint density at radius 3 is 2.54 bits per heavy atom. The number of rotatable bonds is 4. The fourth-order valence-corrected chi connectivity index (χ4v) is 2.73. The molecule has 0 aliphatic carbocycles. The van der Waals surface area contributed by atoms with Gasteiger partial charge in [-0.25, -0.2) is 0 Å². The SMILES string of the molecule is Cc1ccc(C)c(NC(=O)/C=C/c2ccc(-c3ccc(C)c(Cl)c3)o2)c1. The number of furan rings is 1. The molecule has 0 aliphatic heterocycles. The van der Waals surface area contributed by atoms with Gasteiger partial charge in [-0.1, -0.05) is 35.9 Å². The van der Waals surface area contributed by atoms with E-state index < -0.39 is 0 Å². The molecule has 1 heterocycles. The minimum atomic E-state index is -0.199. The summed E-state index contributed by atoms with van der Waals surface area (Å²) in [5, 5.41) is 3.59. The molecule has 132 valence electrons. The van der Waals surface area contributed by atoms with Crippen LogP contribution in [0.5, 0.6) is 0 Å². The summed E-state index contributed by atoms with van der Waals surface area (Å²) in [5.74, 6) is 1.12. The predicted molar refractivity (Wildman–Crippen MR) is 107 cm³/mol. The standard InChI is InChI=1S/C22H20ClNO2/c1-14-4-5-16(3)20(12-14)24-22(25)11-9-18-8-10-21(26-18)17-7-6-15(2)19(23)13-17/h4-13H,1-3H3,(H,24,25)/b11-9+. The molecule has 0 radical (unpaired) electrons. The molecule has 26 heavy (non-hydrogen) atoms. The van der Waals surface area contributed by atoms with Gasteiger partial charge in [-0.15, -0.1) is 0 Å². The summed E-state index contributed by atoms with van der Waals surface area (Å²) in [5.41, 5.74) is 4.86. The second kappa shape index (κ2) is 7.63. The monoisotopic (exact) mass is 365 g/mol. The molecule has 1 N–H and O–H groups in total. The van der Waals surface area contributed by atoms with Gasteiger partial charge in [0.15, 0.2) is 0 Å². The summed E-state index contributed by atoms with van der Waals surface area (Å²) in [4.78, 5) is 12.2. The van der Waals surface area contributed by atoms with Crippen molar-refractivity contribution >= 4 is 29.3 Å². The van der Waals surface area contributed by atoms with E-state index in [9.17, 15) is 4.79 Å². The van der Waals surface area contributed by atoms with Crippen LogP contribution in [0.3, 0.4) is 0 Å². The molecule has 2 aromatic carbocycles. The van der Waals surface area contributed by atoms with Gasteiger partial charge >= 0.3 is 0 Å². The number of nitrogens with one attached hydrogen (secondary N) is 1. The van der Waals surface area contributed by atoms with E-state index in [0.29, 0.717) is 16.5 Å². The second-order valence-electron chi connectivity index (χ2n) is 6.31. The lowest BCUT2D eigenvalue weighted by Crippen LogP contribution is -2.09. The Hall–Kier alpha value is -2.78. The summed E-state index contributed by atoms with van der Waals surface area (Å²) in [7, 11) is 0. The number of amides is 1. The van der Waals surface area contributed by atoms with Crippen molar-refractivity contribution in [3.05, 3.63) is 82.1 Å². The third-order valence-electron chi connectivity index (χ3n) is 4.13. The minimum Gasteiger partial charge on any atom is -0.457 e. The van der Waals surface area contributed by atoms with Crippen molar-refractivity contribution < 1.29 is 9.21 Å². The molecule has 0 bridgehead atoms. The van der Waals surface area contributed by atoms with Gasteiger partial charge < -0.3 is 9.73 Å². The zero-order chi connectivity index (χ0) is 18.7. The molecule has 0 atom stereocenters. The molecule has 0 unspecified atom stereocenters. The van der Waals surface area contributed by atoms with Gasteiger partial charge in [-0.3, -0.25) is 4.79 Å². The van der Waals surface area contributed by atoms with Crippen molar-refractivity contribution in [2.45, 2.75) is 20.8 Å². The molecule has 4 heteroatoms. The summed E-state index contributed by atoms with van der Waals surface area (Å²) < 4.78 is 5.78. The van der Waals surface area contributed by atoms with Crippen LogP contribution in [-0.4, -0.2) is 5.91 Å². The first-order valence-electron chi connectivity index (χ1n) is 8.35. The van der Waals surface area contributed by atoms with Crippen LogP contribution in [0, 0.1) is 20.8 Å².